The molecule has 0 aliphatic heterocycles. The summed E-state index contributed by atoms with van der Waals surface area (Å²) in [6.07, 6.45) is 1.71. The lowest BCUT2D eigenvalue weighted by atomic mass is 10.3. The third-order valence-corrected chi connectivity index (χ3v) is 3.42. The Kier molecular flexibility index (Phi) is 13.1. The number of hydrogen-bond acceptors (Lipinski definition) is 3. The van der Waals surface area contributed by atoms with Crippen molar-refractivity contribution < 1.29 is 0 Å². The topological polar surface area (TPSA) is 24.7 Å². The molecule has 86 valence electrons. The summed E-state index contributed by atoms with van der Waals surface area (Å²) in [4.78, 5) is 1.12. The highest BCUT2D eigenvalue weighted by molar-refractivity contribution is 9.10. The molecule has 0 unspecified atom stereocenters. The van der Waals surface area contributed by atoms with Gasteiger partial charge in [-0.15, -0.1) is 11.3 Å². The first-order valence-corrected chi connectivity index (χ1v) is 6.65. The smallest absolute Gasteiger partial charge is 0.0670 e. The van der Waals surface area contributed by atoms with Crippen LogP contribution in [0.4, 0.5) is 0 Å². The van der Waals surface area contributed by atoms with Crippen molar-refractivity contribution in [2.24, 2.45) is 10.2 Å². The molecular weight excluding hydrogens is 272 g/mol. The fourth-order valence-electron chi connectivity index (χ4n) is 0.630. The van der Waals surface area contributed by atoms with Crippen LogP contribution in [0.3, 0.4) is 0 Å². The minimum Gasteiger partial charge on any atom is -0.167 e. The van der Waals surface area contributed by atoms with Gasteiger partial charge in [0.2, 0.25) is 0 Å². The van der Waals surface area contributed by atoms with Gasteiger partial charge >= 0.3 is 0 Å². The van der Waals surface area contributed by atoms with Gasteiger partial charge in [-0.1, -0.05) is 27.7 Å². The predicted octanol–water partition coefficient (Wildman–Crippen LogP) is 4.91. The summed E-state index contributed by atoms with van der Waals surface area (Å²) in [5, 5.41) is 9.11. The van der Waals surface area contributed by atoms with E-state index >= 15 is 0 Å². The van der Waals surface area contributed by atoms with E-state index in [1.165, 1.54) is 5.56 Å². The summed E-state index contributed by atoms with van der Waals surface area (Å²) in [5.41, 5.74) is 1.20. The first-order chi connectivity index (χ1) is 7.25. The second-order valence-corrected chi connectivity index (χ2v) is 3.72. The maximum Gasteiger partial charge on any atom is 0.0670 e. The lowest BCUT2D eigenvalue weighted by molar-refractivity contribution is 1.28. The van der Waals surface area contributed by atoms with Gasteiger partial charge in [0.1, 0.15) is 0 Å². The Morgan fingerprint density at radius 1 is 1.33 bits per heavy atom. The Bertz CT molecular complexity index is 293. The quantitative estimate of drug-likeness (QED) is 0.546. The standard InChI is InChI=1S/C7H7BrN2S.2C2H6/c1-5-6(8)4-11-7(5)3-10-9-2;2*1-2/h3-4H,2H2,1H3;2*1-2H3/b10-3-;;. The van der Waals surface area contributed by atoms with Crippen molar-refractivity contribution in [1.29, 1.82) is 0 Å². The van der Waals surface area contributed by atoms with Crippen molar-refractivity contribution in [3.05, 3.63) is 20.3 Å². The highest BCUT2D eigenvalue weighted by atomic mass is 79.9. The first kappa shape index (κ1) is 16.9. The number of hydrogen-bond donors (Lipinski definition) is 0. The zero-order valence-corrected chi connectivity index (χ0v) is 12.4. The van der Waals surface area contributed by atoms with E-state index in [2.05, 4.69) is 32.9 Å². The molecule has 0 saturated heterocycles. The van der Waals surface area contributed by atoms with Crippen molar-refractivity contribution in [3.63, 3.8) is 0 Å². The van der Waals surface area contributed by atoms with E-state index in [4.69, 9.17) is 0 Å². The summed E-state index contributed by atoms with van der Waals surface area (Å²) in [7, 11) is 0. The van der Waals surface area contributed by atoms with Crippen molar-refractivity contribution in [1.82, 2.24) is 0 Å². The van der Waals surface area contributed by atoms with E-state index < -0.39 is 0 Å². The molecule has 0 fully saturated rings. The SMILES string of the molecule is C=N/N=C\c1scc(Br)c1C.CC.CC. The molecule has 1 rings (SSSR count). The van der Waals surface area contributed by atoms with Crippen molar-refractivity contribution in [2.45, 2.75) is 34.6 Å². The van der Waals surface area contributed by atoms with Crippen molar-refractivity contribution in [3.8, 4) is 0 Å². The molecular formula is C11H19BrN2S. The number of nitrogens with zero attached hydrogens (tertiary/aromatic N) is 2. The Hall–Kier alpha value is -0.480. The molecule has 2 nitrogen and oxygen atoms in total. The molecule has 1 aromatic rings. The molecule has 0 aliphatic rings. The van der Waals surface area contributed by atoms with Gasteiger partial charge in [-0.05, 0) is 28.4 Å². The third-order valence-electron chi connectivity index (χ3n) is 1.27. The largest absolute Gasteiger partial charge is 0.167 e. The van der Waals surface area contributed by atoms with Gasteiger partial charge in [0.15, 0.2) is 0 Å². The van der Waals surface area contributed by atoms with Crippen LogP contribution in [0.15, 0.2) is 20.1 Å². The second kappa shape index (κ2) is 11.6. The van der Waals surface area contributed by atoms with Gasteiger partial charge in [-0.3, -0.25) is 0 Å². The van der Waals surface area contributed by atoms with Crippen LogP contribution in [0.5, 0.6) is 0 Å². The van der Waals surface area contributed by atoms with E-state index in [9.17, 15) is 0 Å². The van der Waals surface area contributed by atoms with Gasteiger partial charge in [-0.25, -0.2) is 0 Å². The fraction of sp³-hybridized carbons (Fsp3) is 0.455. The molecule has 1 aromatic heterocycles. The average molecular weight is 291 g/mol. The predicted molar refractivity (Wildman–Crippen MR) is 76.6 cm³/mol. The molecule has 0 amide bonds. The molecule has 15 heavy (non-hydrogen) atoms. The molecule has 0 aromatic carbocycles. The first-order valence-electron chi connectivity index (χ1n) is 4.98. The van der Waals surface area contributed by atoms with E-state index in [0.717, 1.165) is 9.35 Å². The van der Waals surface area contributed by atoms with Crippen LogP contribution in [0.25, 0.3) is 0 Å². The summed E-state index contributed by atoms with van der Waals surface area (Å²) in [6.45, 7) is 13.3. The zero-order valence-electron chi connectivity index (χ0n) is 10.0. The summed E-state index contributed by atoms with van der Waals surface area (Å²) in [5.74, 6) is 0. The van der Waals surface area contributed by atoms with Gasteiger partial charge in [0.25, 0.3) is 0 Å². The number of halogens is 1. The molecule has 0 saturated carbocycles. The van der Waals surface area contributed by atoms with E-state index in [1.807, 2.05) is 40.0 Å². The minimum atomic E-state index is 1.12. The molecule has 4 heteroatoms. The highest BCUT2D eigenvalue weighted by Gasteiger charge is 2.01. The van der Waals surface area contributed by atoms with Crippen LogP contribution < -0.4 is 0 Å². The van der Waals surface area contributed by atoms with Crippen molar-refractivity contribution in [2.75, 3.05) is 0 Å². The summed E-state index contributed by atoms with van der Waals surface area (Å²) in [6, 6.07) is 0. The molecule has 1 heterocycles. The fourth-order valence-corrected chi connectivity index (χ4v) is 2.06. The third kappa shape index (κ3) is 6.57. The number of rotatable bonds is 2. The minimum absolute atomic E-state index is 1.12. The second-order valence-electron chi connectivity index (χ2n) is 1.96. The molecule has 0 spiro atoms. The van der Waals surface area contributed by atoms with Crippen LogP contribution in [0, 0.1) is 6.92 Å². The maximum atomic E-state index is 3.69. The molecule has 0 atom stereocenters. The van der Waals surface area contributed by atoms with Crippen LogP contribution in [0.1, 0.15) is 38.1 Å². The molecule has 0 bridgehead atoms. The van der Waals surface area contributed by atoms with Gasteiger partial charge < -0.3 is 0 Å². The van der Waals surface area contributed by atoms with Crippen LogP contribution in [0.2, 0.25) is 0 Å². The van der Waals surface area contributed by atoms with Crippen LogP contribution >= 0.6 is 27.3 Å². The Labute approximate surface area is 105 Å². The molecule has 0 radical (unpaired) electrons. The van der Waals surface area contributed by atoms with Gasteiger partial charge in [0.05, 0.1) is 11.1 Å². The van der Waals surface area contributed by atoms with Crippen LogP contribution in [-0.2, 0) is 0 Å². The molecule has 0 aliphatic carbocycles. The highest BCUT2D eigenvalue weighted by Crippen LogP contribution is 2.24. The Morgan fingerprint density at radius 2 is 1.87 bits per heavy atom. The van der Waals surface area contributed by atoms with E-state index in [0.29, 0.717) is 0 Å². The lowest BCUT2D eigenvalue weighted by Crippen LogP contribution is -1.76. The zero-order chi connectivity index (χ0) is 12.3. The molecule has 0 N–H and O–H groups in total. The van der Waals surface area contributed by atoms with Gasteiger partial charge in [0, 0.05) is 16.6 Å². The monoisotopic (exact) mass is 290 g/mol. The van der Waals surface area contributed by atoms with Gasteiger partial charge in [-0.2, -0.15) is 10.2 Å². The van der Waals surface area contributed by atoms with Crippen molar-refractivity contribution >= 4 is 40.2 Å². The summed E-state index contributed by atoms with van der Waals surface area (Å²) < 4.78 is 1.12. The normalized spacial score (nSPS) is 8.67. The maximum absolute atomic E-state index is 3.69. The Balaban J connectivity index is 0. The van der Waals surface area contributed by atoms with Crippen LogP contribution in [-0.4, -0.2) is 12.9 Å². The lowest BCUT2D eigenvalue weighted by Gasteiger charge is -1.87. The van der Waals surface area contributed by atoms with E-state index in [1.54, 1.807) is 17.6 Å². The number of thiophene rings is 1. The summed E-state index contributed by atoms with van der Waals surface area (Å²) >= 11 is 5.04. The Morgan fingerprint density at radius 3 is 2.20 bits per heavy atom. The average Bonchev–Trinajstić information content (AvgIpc) is 2.63. The van der Waals surface area contributed by atoms with E-state index in [-0.39, 0.29) is 0 Å².